The van der Waals surface area contributed by atoms with Gasteiger partial charge in [0.25, 0.3) is 0 Å². The fraction of sp³-hybridized carbons (Fsp3) is 0.562. The molecule has 20 heavy (non-hydrogen) atoms. The molecule has 0 heterocycles. The zero-order valence-corrected chi connectivity index (χ0v) is 12.1. The lowest BCUT2D eigenvalue weighted by Crippen LogP contribution is -2.41. The highest BCUT2D eigenvalue weighted by atomic mass is 16.3. The first-order chi connectivity index (χ1) is 9.69. The van der Waals surface area contributed by atoms with Crippen LogP contribution in [0.2, 0.25) is 0 Å². The Bertz CT molecular complexity index is 418. The summed E-state index contributed by atoms with van der Waals surface area (Å²) in [6, 6.07) is 9.78. The van der Waals surface area contributed by atoms with Crippen molar-refractivity contribution < 1.29 is 9.90 Å². The van der Waals surface area contributed by atoms with Crippen LogP contribution in [0.3, 0.4) is 0 Å². The molecule has 1 atom stereocenters. The van der Waals surface area contributed by atoms with Crippen LogP contribution < -0.4 is 10.2 Å². The number of nitrogens with zero attached hydrogens (tertiary/aromatic N) is 1. The summed E-state index contributed by atoms with van der Waals surface area (Å²) in [6.45, 7) is 3.52. The van der Waals surface area contributed by atoms with Crippen LogP contribution in [0.15, 0.2) is 30.3 Å². The van der Waals surface area contributed by atoms with E-state index in [2.05, 4.69) is 5.32 Å². The van der Waals surface area contributed by atoms with Crippen molar-refractivity contribution >= 4 is 11.6 Å². The van der Waals surface area contributed by atoms with Gasteiger partial charge in [0.2, 0.25) is 5.91 Å². The molecule has 0 saturated heterocycles. The van der Waals surface area contributed by atoms with E-state index in [4.69, 9.17) is 0 Å². The van der Waals surface area contributed by atoms with Crippen molar-refractivity contribution in [1.29, 1.82) is 0 Å². The average Bonchev–Trinajstić information content (AvgIpc) is 3.29. The Labute approximate surface area is 120 Å². The summed E-state index contributed by atoms with van der Waals surface area (Å²) in [5, 5.41) is 12.8. The number of rotatable bonds is 8. The summed E-state index contributed by atoms with van der Waals surface area (Å²) >= 11 is 0. The van der Waals surface area contributed by atoms with Crippen LogP contribution in [-0.2, 0) is 4.79 Å². The lowest BCUT2D eigenvalue weighted by Gasteiger charge is -2.26. The van der Waals surface area contributed by atoms with Gasteiger partial charge >= 0.3 is 0 Å². The molecule has 0 aliphatic heterocycles. The number of hydrogen-bond acceptors (Lipinski definition) is 3. The van der Waals surface area contributed by atoms with E-state index >= 15 is 0 Å². The fourth-order valence-electron chi connectivity index (χ4n) is 2.09. The SMILES string of the molecule is CC[C@H](O)CN(CC(=O)NCC1CC1)c1ccccc1. The number of aliphatic hydroxyl groups is 1. The van der Waals surface area contributed by atoms with Gasteiger partial charge in [0.1, 0.15) is 0 Å². The molecule has 4 heteroatoms. The van der Waals surface area contributed by atoms with Crippen molar-refractivity contribution in [1.82, 2.24) is 5.32 Å². The third-order valence-electron chi connectivity index (χ3n) is 3.64. The Morgan fingerprint density at radius 1 is 1.40 bits per heavy atom. The number of aliphatic hydroxyl groups excluding tert-OH is 1. The number of para-hydroxylation sites is 1. The predicted octanol–water partition coefficient (Wildman–Crippen LogP) is 1.79. The molecule has 1 aromatic carbocycles. The monoisotopic (exact) mass is 276 g/mol. The second-order valence-electron chi connectivity index (χ2n) is 5.53. The molecular formula is C16H24N2O2. The molecule has 1 aromatic rings. The van der Waals surface area contributed by atoms with Crippen LogP contribution >= 0.6 is 0 Å². The molecule has 1 aliphatic carbocycles. The van der Waals surface area contributed by atoms with Gasteiger partial charge in [-0.1, -0.05) is 25.1 Å². The summed E-state index contributed by atoms with van der Waals surface area (Å²) in [5.41, 5.74) is 0.974. The lowest BCUT2D eigenvalue weighted by atomic mass is 10.2. The van der Waals surface area contributed by atoms with Crippen molar-refractivity contribution in [2.75, 3.05) is 24.5 Å². The summed E-state index contributed by atoms with van der Waals surface area (Å²) in [4.78, 5) is 13.9. The highest BCUT2D eigenvalue weighted by Gasteiger charge is 2.22. The maximum atomic E-state index is 12.0. The third kappa shape index (κ3) is 4.85. The minimum absolute atomic E-state index is 0.0315. The van der Waals surface area contributed by atoms with Crippen LogP contribution in [0, 0.1) is 5.92 Å². The predicted molar refractivity (Wildman–Crippen MR) is 80.7 cm³/mol. The molecule has 1 aliphatic rings. The van der Waals surface area contributed by atoms with Crippen molar-refractivity contribution in [2.45, 2.75) is 32.3 Å². The van der Waals surface area contributed by atoms with E-state index in [1.165, 1.54) is 12.8 Å². The Balaban J connectivity index is 1.92. The molecule has 0 aromatic heterocycles. The minimum Gasteiger partial charge on any atom is -0.391 e. The van der Waals surface area contributed by atoms with E-state index in [1.54, 1.807) is 0 Å². The number of carbonyl (C=O) groups is 1. The van der Waals surface area contributed by atoms with E-state index < -0.39 is 6.10 Å². The number of anilines is 1. The molecule has 2 rings (SSSR count). The number of nitrogens with one attached hydrogen (secondary N) is 1. The number of hydrogen-bond donors (Lipinski definition) is 2. The topological polar surface area (TPSA) is 52.6 Å². The van der Waals surface area contributed by atoms with Crippen molar-refractivity contribution in [3.8, 4) is 0 Å². The van der Waals surface area contributed by atoms with Gasteiger partial charge in [0, 0.05) is 18.8 Å². The Morgan fingerprint density at radius 2 is 2.10 bits per heavy atom. The highest BCUT2D eigenvalue weighted by molar-refractivity contribution is 5.81. The van der Waals surface area contributed by atoms with Gasteiger partial charge in [0.15, 0.2) is 0 Å². The van der Waals surface area contributed by atoms with Gasteiger partial charge in [0.05, 0.1) is 12.6 Å². The van der Waals surface area contributed by atoms with Gasteiger partial charge < -0.3 is 15.3 Å². The first-order valence-corrected chi connectivity index (χ1v) is 7.43. The van der Waals surface area contributed by atoms with Crippen LogP contribution in [0.1, 0.15) is 26.2 Å². The van der Waals surface area contributed by atoms with Crippen LogP contribution in [0.25, 0.3) is 0 Å². The number of benzene rings is 1. The third-order valence-corrected chi connectivity index (χ3v) is 3.64. The molecule has 1 fully saturated rings. The largest absolute Gasteiger partial charge is 0.391 e. The van der Waals surface area contributed by atoms with Crippen LogP contribution in [-0.4, -0.2) is 36.8 Å². The van der Waals surface area contributed by atoms with Gasteiger partial charge in [-0.3, -0.25) is 4.79 Å². The van der Waals surface area contributed by atoms with E-state index in [-0.39, 0.29) is 5.91 Å². The zero-order valence-electron chi connectivity index (χ0n) is 12.1. The molecule has 4 nitrogen and oxygen atoms in total. The standard InChI is InChI=1S/C16H24N2O2/c1-2-15(19)11-18(14-6-4-3-5-7-14)12-16(20)17-10-13-8-9-13/h3-7,13,15,19H,2,8-12H2,1H3,(H,17,20)/t15-/m0/s1. The second kappa shape index (κ2) is 7.29. The molecule has 110 valence electrons. The average molecular weight is 276 g/mol. The molecule has 0 bridgehead atoms. The molecular weight excluding hydrogens is 252 g/mol. The lowest BCUT2D eigenvalue weighted by molar-refractivity contribution is -0.119. The van der Waals surface area contributed by atoms with Crippen molar-refractivity contribution in [3.63, 3.8) is 0 Å². The summed E-state index contributed by atoms with van der Waals surface area (Å²) < 4.78 is 0. The first kappa shape index (κ1) is 14.9. The van der Waals surface area contributed by atoms with E-state index in [0.29, 0.717) is 25.4 Å². The minimum atomic E-state index is -0.411. The first-order valence-electron chi connectivity index (χ1n) is 7.43. The van der Waals surface area contributed by atoms with E-state index in [0.717, 1.165) is 12.2 Å². The van der Waals surface area contributed by atoms with Gasteiger partial charge in [-0.05, 0) is 37.3 Å². The second-order valence-corrected chi connectivity index (χ2v) is 5.53. The maximum Gasteiger partial charge on any atom is 0.239 e. The van der Waals surface area contributed by atoms with Gasteiger partial charge in [-0.25, -0.2) is 0 Å². The smallest absolute Gasteiger partial charge is 0.239 e. The van der Waals surface area contributed by atoms with Crippen LogP contribution in [0.4, 0.5) is 5.69 Å². The van der Waals surface area contributed by atoms with Crippen molar-refractivity contribution in [2.24, 2.45) is 5.92 Å². The summed E-state index contributed by atoms with van der Waals surface area (Å²) in [6.07, 6.45) is 2.74. The molecule has 2 N–H and O–H groups in total. The van der Waals surface area contributed by atoms with E-state index in [1.807, 2.05) is 42.2 Å². The van der Waals surface area contributed by atoms with Gasteiger partial charge in [-0.15, -0.1) is 0 Å². The molecule has 0 spiro atoms. The number of carbonyl (C=O) groups excluding carboxylic acids is 1. The number of amides is 1. The summed E-state index contributed by atoms with van der Waals surface area (Å²) in [5.74, 6) is 0.717. The fourth-order valence-corrected chi connectivity index (χ4v) is 2.09. The Hall–Kier alpha value is -1.55. The molecule has 0 radical (unpaired) electrons. The summed E-state index contributed by atoms with van der Waals surface area (Å²) in [7, 11) is 0. The van der Waals surface area contributed by atoms with Crippen molar-refractivity contribution in [3.05, 3.63) is 30.3 Å². The normalized spacial score (nSPS) is 15.7. The molecule has 1 saturated carbocycles. The molecule has 0 unspecified atom stereocenters. The zero-order chi connectivity index (χ0) is 14.4. The molecule has 1 amide bonds. The quantitative estimate of drug-likeness (QED) is 0.761. The van der Waals surface area contributed by atoms with Gasteiger partial charge in [-0.2, -0.15) is 0 Å². The maximum absolute atomic E-state index is 12.0. The Kier molecular flexibility index (Phi) is 5.41. The highest BCUT2D eigenvalue weighted by Crippen LogP contribution is 2.27. The Morgan fingerprint density at radius 3 is 2.70 bits per heavy atom. The van der Waals surface area contributed by atoms with E-state index in [9.17, 15) is 9.90 Å². The van der Waals surface area contributed by atoms with Crippen LogP contribution in [0.5, 0.6) is 0 Å².